The van der Waals surface area contributed by atoms with Gasteiger partial charge in [-0.3, -0.25) is 4.79 Å². The molecule has 1 fully saturated rings. The Balaban J connectivity index is 1.63. The van der Waals surface area contributed by atoms with Gasteiger partial charge in [0.25, 0.3) is 0 Å². The van der Waals surface area contributed by atoms with Crippen molar-refractivity contribution in [3.05, 3.63) is 29.8 Å². The highest BCUT2D eigenvalue weighted by Crippen LogP contribution is 2.28. The van der Waals surface area contributed by atoms with Gasteiger partial charge in [-0.2, -0.15) is 0 Å². The Hall–Kier alpha value is -0.960. The Morgan fingerprint density at radius 1 is 1.38 bits per heavy atom. The van der Waals surface area contributed by atoms with Crippen LogP contribution in [0.25, 0.3) is 0 Å². The standard InChI is InChI=1S/C13H17NOS/c1-10-2-6-12(7-3-10)16-9-8-14-13(15)11-4-5-11/h2-3,6-7,11H,4-5,8-9H2,1H3,(H,14,15). The van der Waals surface area contributed by atoms with Crippen LogP contribution >= 0.6 is 11.8 Å². The van der Waals surface area contributed by atoms with Crippen LogP contribution in [0.15, 0.2) is 29.2 Å². The third-order valence-corrected chi connectivity index (χ3v) is 3.65. The van der Waals surface area contributed by atoms with Gasteiger partial charge in [0.05, 0.1) is 0 Å². The van der Waals surface area contributed by atoms with Crippen LogP contribution in [0.1, 0.15) is 18.4 Å². The molecule has 3 heteroatoms. The van der Waals surface area contributed by atoms with Gasteiger partial charge >= 0.3 is 0 Å². The molecule has 0 unspecified atom stereocenters. The minimum Gasteiger partial charge on any atom is -0.355 e. The lowest BCUT2D eigenvalue weighted by Crippen LogP contribution is -2.26. The number of hydrogen-bond donors (Lipinski definition) is 1. The van der Waals surface area contributed by atoms with E-state index in [2.05, 4.69) is 36.5 Å². The fourth-order valence-corrected chi connectivity index (χ4v) is 2.24. The van der Waals surface area contributed by atoms with Crippen molar-refractivity contribution in [2.24, 2.45) is 5.92 Å². The summed E-state index contributed by atoms with van der Waals surface area (Å²) in [7, 11) is 0. The summed E-state index contributed by atoms with van der Waals surface area (Å²) in [5, 5.41) is 2.97. The first-order valence-corrected chi connectivity index (χ1v) is 6.71. The molecule has 86 valence electrons. The number of hydrogen-bond acceptors (Lipinski definition) is 2. The van der Waals surface area contributed by atoms with Gasteiger partial charge in [-0.15, -0.1) is 11.8 Å². The lowest BCUT2D eigenvalue weighted by molar-refractivity contribution is -0.122. The molecule has 1 aliphatic carbocycles. The first-order chi connectivity index (χ1) is 7.75. The predicted molar refractivity (Wildman–Crippen MR) is 67.6 cm³/mol. The summed E-state index contributed by atoms with van der Waals surface area (Å²) >= 11 is 1.79. The van der Waals surface area contributed by atoms with Crippen LogP contribution in [-0.4, -0.2) is 18.2 Å². The van der Waals surface area contributed by atoms with Crippen LogP contribution < -0.4 is 5.32 Å². The molecule has 0 radical (unpaired) electrons. The summed E-state index contributed by atoms with van der Waals surface area (Å²) in [4.78, 5) is 12.6. The Bertz CT molecular complexity index is 357. The van der Waals surface area contributed by atoms with Gasteiger partial charge in [-0.25, -0.2) is 0 Å². The maximum atomic E-state index is 11.3. The fourth-order valence-electron chi connectivity index (χ4n) is 1.47. The van der Waals surface area contributed by atoms with Crippen LogP contribution in [0.2, 0.25) is 0 Å². The van der Waals surface area contributed by atoms with Crippen molar-refractivity contribution in [3.8, 4) is 0 Å². The number of amides is 1. The van der Waals surface area contributed by atoms with E-state index >= 15 is 0 Å². The van der Waals surface area contributed by atoms with Crippen molar-refractivity contribution >= 4 is 17.7 Å². The zero-order valence-electron chi connectivity index (χ0n) is 9.53. The van der Waals surface area contributed by atoms with Gasteiger partial charge in [0, 0.05) is 23.1 Å². The SMILES string of the molecule is Cc1ccc(SCCNC(=O)C2CC2)cc1. The molecular weight excluding hydrogens is 218 g/mol. The average molecular weight is 235 g/mol. The van der Waals surface area contributed by atoms with E-state index in [0.717, 1.165) is 25.1 Å². The lowest BCUT2D eigenvalue weighted by Gasteiger charge is -2.04. The van der Waals surface area contributed by atoms with Gasteiger partial charge < -0.3 is 5.32 Å². The third-order valence-electron chi connectivity index (χ3n) is 2.64. The van der Waals surface area contributed by atoms with Gasteiger partial charge in [0.1, 0.15) is 0 Å². The molecule has 1 aromatic carbocycles. The van der Waals surface area contributed by atoms with E-state index in [1.165, 1.54) is 10.5 Å². The number of benzene rings is 1. The van der Waals surface area contributed by atoms with Crippen molar-refractivity contribution in [1.82, 2.24) is 5.32 Å². The van der Waals surface area contributed by atoms with Crippen LogP contribution in [-0.2, 0) is 4.79 Å². The molecule has 0 atom stereocenters. The van der Waals surface area contributed by atoms with E-state index in [9.17, 15) is 4.79 Å². The highest BCUT2D eigenvalue weighted by Gasteiger charge is 2.28. The van der Waals surface area contributed by atoms with Crippen LogP contribution in [0.5, 0.6) is 0 Å². The Labute approximate surface area is 101 Å². The molecular formula is C13H17NOS. The summed E-state index contributed by atoms with van der Waals surface area (Å²) in [6.45, 7) is 2.86. The predicted octanol–water partition coefficient (Wildman–Crippen LogP) is 2.61. The summed E-state index contributed by atoms with van der Waals surface area (Å²) < 4.78 is 0. The highest BCUT2D eigenvalue weighted by atomic mass is 32.2. The average Bonchev–Trinajstić information content (AvgIpc) is 3.10. The molecule has 0 aromatic heterocycles. The number of aryl methyl sites for hydroxylation is 1. The Kier molecular flexibility index (Phi) is 3.88. The quantitative estimate of drug-likeness (QED) is 0.628. The van der Waals surface area contributed by atoms with E-state index in [4.69, 9.17) is 0 Å². The van der Waals surface area contributed by atoms with Crippen molar-refractivity contribution in [2.45, 2.75) is 24.7 Å². The maximum Gasteiger partial charge on any atom is 0.223 e. The summed E-state index contributed by atoms with van der Waals surface area (Å²) in [6.07, 6.45) is 2.16. The van der Waals surface area contributed by atoms with Crippen LogP contribution in [0.3, 0.4) is 0 Å². The molecule has 1 aliphatic rings. The molecule has 0 heterocycles. The number of thioether (sulfide) groups is 1. The van der Waals surface area contributed by atoms with E-state index in [0.29, 0.717) is 5.92 Å². The van der Waals surface area contributed by atoms with Crippen molar-refractivity contribution in [3.63, 3.8) is 0 Å². The van der Waals surface area contributed by atoms with E-state index < -0.39 is 0 Å². The third kappa shape index (κ3) is 3.56. The first kappa shape index (κ1) is 11.5. The number of carbonyl (C=O) groups is 1. The molecule has 0 bridgehead atoms. The topological polar surface area (TPSA) is 29.1 Å². The van der Waals surface area contributed by atoms with Crippen LogP contribution in [0, 0.1) is 12.8 Å². The number of carbonyl (C=O) groups excluding carboxylic acids is 1. The molecule has 0 aliphatic heterocycles. The molecule has 1 aromatic rings. The van der Waals surface area contributed by atoms with Crippen LogP contribution in [0.4, 0.5) is 0 Å². The van der Waals surface area contributed by atoms with E-state index in [1.807, 2.05) is 0 Å². The highest BCUT2D eigenvalue weighted by molar-refractivity contribution is 7.99. The second-order valence-corrected chi connectivity index (χ2v) is 5.40. The molecule has 1 saturated carbocycles. The largest absolute Gasteiger partial charge is 0.355 e. The first-order valence-electron chi connectivity index (χ1n) is 5.73. The number of rotatable bonds is 5. The molecule has 2 nitrogen and oxygen atoms in total. The molecule has 0 saturated heterocycles. The van der Waals surface area contributed by atoms with E-state index in [1.54, 1.807) is 11.8 Å². The zero-order valence-corrected chi connectivity index (χ0v) is 10.3. The van der Waals surface area contributed by atoms with E-state index in [-0.39, 0.29) is 5.91 Å². The van der Waals surface area contributed by atoms with Crippen molar-refractivity contribution in [1.29, 1.82) is 0 Å². The lowest BCUT2D eigenvalue weighted by atomic mass is 10.2. The normalized spacial score (nSPS) is 14.8. The van der Waals surface area contributed by atoms with Crippen molar-refractivity contribution < 1.29 is 4.79 Å². The molecule has 2 rings (SSSR count). The van der Waals surface area contributed by atoms with Gasteiger partial charge in [0.2, 0.25) is 5.91 Å². The molecule has 1 amide bonds. The monoisotopic (exact) mass is 235 g/mol. The molecule has 16 heavy (non-hydrogen) atoms. The maximum absolute atomic E-state index is 11.3. The summed E-state index contributed by atoms with van der Waals surface area (Å²) in [5.41, 5.74) is 1.28. The summed E-state index contributed by atoms with van der Waals surface area (Å²) in [6, 6.07) is 8.49. The second kappa shape index (κ2) is 5.39. The molecule has 0 spiro atoms. The summed E-state index contributed by atoms with van der Waals surface area (Å²) in [5.74, 6) is 1.51. The second-order valence-electron chi connectivity index (χ2n) is 4.23. The molecule has 1 N–H and O–H groups in total. The smallest absolute Gasteiger partial charge is 0.223 e. The minimum atomic E-state index is 0.240. The van der Waals surface area contributed by atoms with Crippen molar-refractivity contribution in [2.75, 3.05) is 12.3 Å². The van der Waals surface area contributed by atoms with Gasteiger partial charge in [-0.05, 0) is 31.9 Å². The Morgan fingerprint density at radius 2 is 2.06 bits per heavy atom. The zero-order chi connectivity index (χ0) is 11.4. The van der Waals surface area contributed by atoms with Gasteiger partial charge in [0.15, 0.2) is 0 Å². The fraction of sp³-hybridized carbons (Fsp3) is 0.462. The van der Waals surface area contributed by atoms with Gasteiger partial charge in [-0.1, -0.05) is 17.7 Å². The number of nitrogens with one attached hydrogen (secondary N) is 1. The Morgan fingerprint density at radius 3 is 2.69 bits per heavy atom. The minimum absolute atomic E-state index is 0.240.